The van der Waals surface area contributed by atoms with Gasteiger partial charge in [-0.15, -0.1) is 11.3 Å². The predicted molar refractivity (Wildman–Crippen MR) is 66.3 cm³/mol. The lowest BCUT2D eigenvalue weighted by Gasteiger charge is -1.91. The fourth-order valence-electron chi connectivity index (χ4n) is 1.86. The summed E-state index contributed by atoms with van der Waals surface area (Å²) >= 11 is 1.64. The molecule has 3 aromatic rings. The predicted octanol–water partition coefficient (Wildman–Crippen LogP) is 3.77. The van der Waals surface area contributed by atoms with Crippen molar-refractivity contribution in [3.8, 4) is 16.6 Å². The molecule has 3 heteroatoms. The zero-order chi connectivity index (χ0) is 11.0. The highest BCUT2D eigenvalue weighted by Gasteiger charge is 2.12. The van der Waals surface area contributed by atoms with Crippen molar-refractivity contribution >= 4 is 22.2 Å². The van der Waals surface area contributed by atoms with E-state index < -0.39 is 0 Å². The van der Waals surface area contributed by atoms with E-state index in [9.17, 15) is 5.26 Å². The molecule has 0 spiro atoms. The van der Waals surface area contributed by atoms with Crippen LogP contribution in [0.25, 0.3) is 21.5 Å². The number of aromatic amines is 1. The van der Waals surface area contributed by atoms with Gasteiger partial charge in [0.05, 0.1) is 16.1 Å². The van der Waals surface area contributed by atoms with Crippen LogP contribution in [0, 0.1) is 11.3 Å². The molecule has 2 heterocycles. The number of nitriles is 1. The Morgan fingerprint density at radius 2 is 2.00 bits per heavy atom. The Morgan fingerprint density at radius 3 is 2.75 bits per heavy atom. The highest BCUT2D eigenvalue weighted by Crippen LogP contribution is 2.32. The fraction of sp³-hybridized carbons (Fsp3) is 0. The van der Waals surface area contributed by atoms with E-state index in [0.29, 0.717) is 0 Å². The lowest BCUT2D eigenvalue weighted by atomic mass is 10.1. The first-order valence-electron chi connectivity index (χ1n) is 4.95. The van der Waals surface area contributed by atoms with Crippen LogP contribution in [0.1, 0.15) is 5.56 Å². The van der Waals surface area contributed by atoms with E-state index in [1.54, 1.807) is 11.3 Å². The van der Waals surface area contributed by atoms with Gasteiger partial charge in [0.1, 0.15) is 6.07 Å². The Balaban J connectivity index is 2.38. The molecule has 0 aliphatic rings. The van der Waals surface area contributed by atoms with Crippen LogP contribution in [-0.2, 0) is 0 Å². The van der Waals surface area contributed by atoms with Crippen LogP contribution in [0.3, 0.4) is 0 Å². The zero-order valence-corrected chi connectivity index (χ0v) is 9.21. The number of benzene rings is 1. The van der Waals surface area contributed by atoms with Gasteiger partial charge in [0.15, 0.2) is 0 Å². The standard InChI is InChI=1S/C13H8N2S/c14-8-10-9-4-1-2-5-11(9)15-13(10)12-6-3-7-16-12/h1-7,15H. The van der Waals surface area contributed by atoms with E-state index >= 15 is 0 Å². The number of rotatable bonds is 1. The Kier molecular flexibility index (Phi) is 2.02. The first kappa shape index (κ1) is 9.20. The number of hydrogen-bond acceptors (Lipinski definition) is 2. The molecule has 0 aliphatic heterocycles. The smallest absolute Gasteiger partial charge is 0.102 e. The molecule has 0 saturated heterocycles. The van der Waals surface area contributed by atoms with Crippen molar-refractivity contribution < 1.29 is 0 Å². The van der Waals surface area contributed by atoms with Gasteiger partial charge in [0.2, 0.25) is 0 Å². The summed E-state index contributed by atoms with van der Waals surface area (Å²) in [5.41, 5.74) is 2.68. The molecule has 0 radical (unpaired) electrons. The molecule has 2 nitrogen and oxygen atoms in total. The van der Waals surface area contributed by atoms with E-state index in [0.717, 1.165) is 27.0 Å². The normalized spacial score (nSPS) is 10.4. The van der Waals surface area contributed by atoms with Crippen molar-refractivity contribution in [2.24, 2.45) is 0 Å². The van der Waals surface area contributed by atoms with Crippen LogP contribution >= 0.6 is 11.3 Å². The summed E-state index contributed by atoms with van der Waals surface area (Å²) < 4.78 is 0. The van der Waals surface area contributed by atoms with E-state index in [-0.39, 0.29) is 0 Å². The number of nitrogens with one attached hydrogen (secondary N) is 1. The lowest BCUT2D eigenvalue weighted by molar-refractivity contribution is 1.45. The van der Waals surface area contributed by atoms with Crippen molar-refractivity contribution in [3.05, 3.63) is 47.3 Å². The number of thiophene rings is 1. The second-order valence-electron chi connectivity index (χ2n) is 3.51. The molecule has 3 rings (SSSR count). The van der Waals surface area contributed by atoms with Crippen molar-refractivity contribution in [1.82, 2.24) is 4.98 Å². The van der Waals surface area contributed by atoms with Crippen LogP contribution in [-0.4, -0.2) is 4.98 Å². The zero-order valence-electron chi connectivity index (χ0n) is 8.40. The first-order chi connectivity index (χ1) is 7.90. The number of hydrogen-bond donors (Lipinski definition) is 1. The van der Waals surface area contributed by atoms with Crippen molar-refractivity contribution in [1.29, 1.82) is 5.26 Å². The summed E-state index contributed by atoms with van der Waals surface area (Å²) in [6.45, 7) is 0. The Hall–Kier alpha value is -2.05. The van der Waals surface area contributed by atoms with Gasteiger partial charge in [-0.25, -0.2) is 0 Å². The fourth-order valence-corrected chi connectivity index (χ4v) is 2.60. The van der Waals surface area contributed by atoms with Gasteiger partial charge in [-0.3, -0.25) is 0 Å². The Morgan fingerprint density at radius 1 is 1.12 bits per heavy atom. The Bertz CT molecular complexity index is 672. The minimum Gasteiger partial charge on any atom is -0.353 e. The highest BCUT2D eigenvalue weighted by atomic mass is 32.1. The molecule has 0 aliphatic carbocycles. The summed E-state index contributed by atoms with van der Waals surface area (Å²) in [6.07, 6.45) is 0. The van der Waals surface area contributed by atoms with E-state index in [2.05, 4.69) is 11.1 Å². The van der Waals surface area contributed by atoms with E-state index in [1.807, 2.05) is 41.8 Å². The number of aromatic nitrogens is 1. The lowest BCUT2D eigenvalue weighted by Crippen LogP contribution is -1.75. The third-order valence-corrected chi connectivity index (χ3v) is 3.47. The summed E-state index contributed by atoms with van der Waals surface area (Å²) in [5, 5.41) is 12.2. The van der Waals surface area contributed by atoms with Gasteiger partial charge in [0, 0.05) is 10.9 Å². The van der Waals surface area contributed by atoms with Crippen LogP contribution in [0.15, 0.2) is 41.8 Å². The molecule has 0 amide bonds. The third kappa shape index (κ3) is 1.24. The topological polar surface area (TPSA) is 39.6 Å². The van der Waals surface area contributed by atoms with Crippen molar-refractivity contribution in [2.45, 2.75) is 0 Å². The highest BCUT2D eigenvalue weighted by molar-refractivity contribution is 7.13. The molecular formula is C13H8N2S. The molecule has 1 N–H and O–H groups in total. The Labute approximate surface area is 96.8 Å². The van der Waals surface area contributed by atoms with Crippen LogP contribution in [0.4, 0.5) is 0 Å². The summed E-state index contributed by atoms with van der Waals surface area (Å²) in [7, 11) is 0. The molecule has 76 valence electrons. The van der Waals surface area contributed by atoms with Gasteiger partial charge >= 0.3 is 0 Å². The number of para-hydroxylation sites is 1. The average Bonchev–Trinajstić information content (AvgIpc) is 2.95. The quantitative estimate of drug-likeness (QED) is 0.671. The number of fused-ring (bicyclic) bond motifs is 1. The van der Waals surface area contributed by atoms with Crippen LogP contribution < -0.4 is 0 Å². The monoisotopic (exact) mass is 224 g/mol. The largest absolute Gasteiger partial charge is 0.353 e. The summed E-state index contributed by atoms with van der Waals surface area (Å²) in [5.74, 6) is 0. The maximum Gasteiger partial charge on any atom is 0.102 e. The van der Waals surface area contributed by atoms with Crippen molar-refractivity contribution in [3.63, 3.8) is 0 Å². The van der Waals surface area contributed by atoms with Gasteiger partial charge in [-0.05, 0) is 17.5 Å². The molecular weight excluding hydrogens is 216 g/mol. The number of nitrogens with zero attached hydrogens (tertiary/aromatic N) is 1. The minimum atomic E-state index is 0.734. The van der Waals surface area contributed by atoms with Gasteiger partial charge in [0.25, 0.3) is 0 Å². The molecule has 0 atom stereocenters. The first-order valence-corrected chi connectivity index (χ1v) is 5.83. The van der Waals surface area contributed by atoms with Crippen LogP contribution in [0.2, 0.25) is 0 Å². The average molecular weight is 224 g/mol. The van der Waals surface area contributed by atoms with Gasteiger partial charge < -0.3 is 4.98 Å². The third-order valence-electron chi connectivity index (χ3n) is 2.59. The SMILES string of the molecule is N#Cc1c(-c2cccs2)[nH]c2ccccc12. The molecule has 0 unspecified atom stereocenters. The molecule has 0 fully saturated rings. The molecule has 0 saturated carbocycles. The van der Waals surface area contributed by atoms with E-state index in [4.69, 9.17) is 0 Å². The van der Waals surface area contributed by atoms with Gasteiger partial charge in [-0.1, -0.05) is 24.3 Å². The maximum atomic E-state index is 9.24. The minimum absolute atomic E-state index is 0.734. The van der Waals surface area contributed by atoms with Crippen LogP contribution in [0.5, 0.6) is 0 Å². The molecule has 1 aromatic carbocycles. The molecule has 16 heavy (non-hydrogen) atoms. The second kappa shape index (κ2) is 3.51. The summed E-state index contributed by atoms with van der Waals surface area (Å²) in [4.78, 5) is 4.41. The maximum absolute atomic E-state index is 9.24. The van der Waals surface area contributed by atoms with Gasteiger partial charge in [-0.2, -0.15) is 5.26 Å². The molecule has 0 bridgehead atoms. The van der Waals surface area contributed by atoms with Crippen molar-refractivity contribution in [2.75, 3.05) is 0 Å². The molecule has 2 aromatic heterocycles. The number of H-pyrrole nitrogens is 1. The summed E-state index contributed by atoms with van der Waals surface area (Å²) in [6, 6.07) is 14.2. The second-order valence-corrected chi connectivity index (χ2v) is 4.46. The van der Waals surface area contributed by atoms with E-state index in [1.165, 1.54) is 0 Å².